The minimum absolute atomic E-state index is 0.0636. The Hall–Kier alpha value is -1.67. The molecule has 0 saturated heterocycles. The second-order valence-electron chi connectivity index (χ2n) is 9.53. The van der Waals surface area contributed by atoms with E-state index in [4.69, 9.17) is 9.47 Å². The van der Waals surface area contributed by atoms with Gasteiger partial charge >= 0.3 is 5.97 Å². The third-order valence-electron chi connectivity index (χ3n) is 5.97. The van der Waals surface area contributed by atoms with Gasteiger partial charge in [-0.3, -0.25) is 14.4 Å². The van der Waals surface area contributed by atoms with Gasteiger partial charge in [-0.25, -0.2) is 0 Å². The zero-order valence-corrected chi connectivity index (χ0v) is 23.1. The summed E-state index contributed by atoms with van der Waals surface area (Å²) in [4.78, 5) is 39.9. The first-order chi connectivity index (χ1) is 16.9. The molecule has 0 heterocycles. The first kappa shape index (κ1) is 33.3. The number of esters is 1. The van der Waals surface area contributed by atoms with Crippen LogP contribution in [0.4, 0.5) is 0 Å². The maximum atomic E-state index is 12.5. The molecular formula is C27H53N3O5. The van der Waals surface area contributed by atoms with Crippen molar-refractivity contribution in [3.63, 3.8) is 0 Å². The summed E-state index contributed by atoms with van der Waals surface area (Å²) in [5.41, 5.74) is 0. The van der Waals surface area contributed by atoms with Crippen LogP contribution in [0.1, 0.15) is 96.8 Å². The number of amides is 2. The summed E-state index contributed by atoms with van der Waals surface area (Å²) in [7, 11) is 5.41. The van der Waals surface area contributed by atoms with Crippen LogP contribution in [-0.2, 0) is 23.9 Å². The standard InChI is InChI=1S/C27H53N3O5/c1-5-6-7-8-9-10-11-12-13-14-15-16-27(33)35-24-22-30(21-23-34-4)26(32)17-19-28-25(31)18-20-29(2)3/h5-24H2,1-4H3,(H,28,31). The number of carbonyl (C=O) groups excluding carboxylic acids is 3. The van der Waals surface area contributed by atoms with Gasteiger partial charge in [0.2, 0.25) is 11.8 Å². The zero-order valence-electron chi connectivity index (χ0n) is 23.1. The van der Waals surface area contributed by atoms with Gasteiger partial charge < -0.3 is 24.6 Å². The summed E-state index contributed by atoms with van der Waals surface area (Å²) in [5.74, 6) is -0.351. The molecular weight excluding hydrogens is 446 g/mol. The molecule has 0 aromatic rings. The molecule has 0 aromatic heterocycles. The van der Waals surface area contributed by atoms with Crippen molar-refractivity contribution in [1.82, 2.24) is 15.1 Å². The Morgan fingerprint density at radius 2 is 1.29 bits per heavy atom. The van der Waals surface area contributed by atoms with E-state index in [9.17, 15) is 14.4 Å². The monoisotopic (exact) mass is 499 g/mol. The van der Waals surface area contributed by atoms with Crippen LogP contribution in [0.5, 0.6) is 0 Å². The number of hydrogen-bond donors (Lipinski definition) is 1. The molecule has 0 aliphatic heterocycles. The number of nitrogens with zero attached hydrogens (tertiary/aromatic N) is 2. The van der Waals surface area contributed by atoms with E-state index in [1.807, 2.05) is 19.0 Å². The van der Waals surface area contributed by atoms with Gasteiger partial charge in [0.25, 0.3) is 0 Å². The Balaban J connectivity index is 3.91. The minimum atomic E-state index is -0.201. The van der Waals surface area contributed by atoms with Crippen molar-refractivity contribution in [2.24, 2.45) is 0 Å². The quantitative estimate of drug-likeness (QED) is 0.158. The molecule has 0 aliphatic carbocycles. The van der Waals surface area contributed by atoms with Gasteiger partial charge in [0, 0.05) is 46.0 Å². The van der Waals surface area contributed by atoms with Gasteiger partial charge in [-0.15, -0.1) is 0 Å². The molecule has 0 aromatic carbocycles. The van der Waals surface area contributed by atoms with Crippen molar-refractivity contribution in [3.05, 3.63) is 0 Å². The van der Waals surface area contributed by atoms with Crippen molar-refractivity contribution in [2.45, 2.75) is 96.8 Å². The summed E-state index contributed by atoms with van der Waals surface area (Å²) >= 11 is 0. The first-order valence-corrected chi connectivity index (χ1v) is 13.7. The Morgan fingerprint density at radius 3 is 1.86 bits per heavy atom. The molecule has 0 unspecified atom stereocenters. The molecule has 0 atom stereocenters. The molecule has 2 amide bonds. The number of unbranched alkanes of at least 4 members (excludes halogenated alkanes) is 10. The molecule has 206 valence electrons. The average molecular weight is 500 g/mol. The highest BCUT2D eigenvalue weighted by atomic mass is 16.5. The smallest absolute Gasteiger partial charge is 0.305 e. The maximum absolute atomic E-state index is 12.5. The normalized spacial score (nSPS) is 11.0. The molecule has 8 nitrogen and oxygen atoms in total. The number of hydrogen-bond acceptors (Lipinski definition) is 6. The third kappa shape index (κ3) is 22.5. The molecule has 0 bridgehead atoms. The lowest BCUT2D eigenvalue weighted by Gasteiger charge is -2.22. The maximum Gasteiger partial charge on any atom is 0.305 e. The molecule has 0 spiro atoms. The number of ether oxygens (including phenoxy) is 2. The number of carbonyl (C=O) groups is 3. The Kier molecular flexibility index (Phi) is 22.9. The van der Waals surface area contributed by atoms with Crippen molar-refractivity contribution < 1.29 is 23.9 Å². The fourth-order valence-electron chi connectivity index (χ4n) is 3.72. The molecule has 8 heteroatoms. The highest BCUT2D eigenvalue weighted by Gasteiger charge is 2.14. The second kappa shape index (κ2) is 24.0. The van der Waals surface area contributed by atoms with E-state index in [0.29, 0.717) is 45.6 Å². The van der Waals surface area contributed by atoms with E-state index in [1.165, 1.54) is 57.8 Å². The van der Waals surface area contributed by atoms with Gasteiger partial charge in [0.05, 0.1) is 13.2 Å². The van der Waals surface area contributed by atoms with Gasteiger partial charge in [-0.2, -0.15) is 0 Å². The van der Waals surface area contributed by atoms with E-state index in [-0.39, 0.29) is 30.8 Å². The fraction of sp³-hybridized carbons (Fsp3) is 0.889. The summed E-state index contributed by atoms with van der Waals surface area (Å²) < 4.78 is 10.4. The molecule has 0 rings (SSSR count). The highest BCUT2D eigenvalue weighted by Crippen LogP contribution is 2.12. The molecule has 0 aliphatic rings. The number of methoxy groups -OCH3 is 1. The van der Waals surface area contributed by atoms with E-state index in [1.54, 1.807) is 12.0 Å². The van der Waals surface area contributed by atoms with Crippen molar-refractivity contribution in [2.75, 3.05) is 60.6 Å². The van der Waals surface area contributed by atoms with Crippen LogP contribution in [0.15, 0.2) is 0 Å². The van der Waals surface area contributed by atoms with Crippen LogP contribution < -0.4 is 5.32 Å². The number of rotatable bonds is 24. The molecule has 1 N–H and O–H groups in total. The molecule has 35 heavy (non-hydrogen) atoms. The largest absolute Gasteiger partial charge is 0.464 e. The predicted octanol–water partition coefficient (Wildman–Crippen LogP) is 4.16. The lowest BCUT2D eigenvalue weighted by molar-refractivity contribution is -0.146. The molecule has 0 saturated carbocycles. The van der Waals surface area contributed by atoms with Crippen LogP contribution >= 0.6 is 0 Å². The summed E-state index contributed by atoms with van der Waals surface area (Å²) in [6.45, 7) is 4.57. The van der Waals surface area contributed by atoms with Gasteiger partial charge in [0.15, 0.2) is 0 Å². The van der Waals surface area contributed by atoms with Gasteiger partial charge in [-0.05, 0) is 20.5 Å². The van der Waals surface area contributed by atoms with Crippen molar-refractivity contribution in [1.29, 1.82) is 0 Å². The third-order valence-corrected chi connectivity index (χ3v) is 5.97. The van der Waals surface area contributed by atoms with Crippen LogP contribution in [0.3, 0.4) is 0 Å². The van der Waals surface area contributed by atoms with Crippen molar-refractivity contribution >= 4 is 17.8 Å². The zero-order chi connectivity index (χ0) is 26.2. The van der Waals surface area contributed by atoms with E-state index in [0.717, 1.165) is 12.8 Å². The summed E-state index contributed by atoms with van der Waals surface area (Å²) in [6.07, 6.45) is 14.7. The lowest BCUT2D eigenvalue weighted by Crippen LogP contribution is -2.39. The Morgan fingerprint density at radius 1 is 0.714 bits per heavy atom. The average Bonchev–Trinajstić information content (AvgIpc) is 2.83. The van der Waals surface area contributed by atoms with E-state index >= 15 is 0 Å². The van der Waals surface area contributed by atoms with E-state index in [2.05, 4.69) is 12.2 Å². The molecule has 0 fully saturated rings. The summed E-state index contributed by atoms with van der Waals surface area (Å²) in [6, 6.07) is 0. The van der Waals surface area contributed by atoms with Crippen LogP contribution in [0, 0.1) is 0 Å². The van der Waals surface area contributed by atoms with Crippen LogP contribution in [-0.4, -0.2) is 88.2 Å². The van der Waals surface area contributed by atoms with Crippen molar-refractivity contribution in [3.8, 4) is 0 Å². The highest BCUT2D eigenvalue weighted by molar-refractivity contribution is 5.79. The Bertz CT molecular complexity index is 543. The fourth-order valence-corrected chi connectivity index (χ4v) is 3.72. The van der Waals surface area contributed by atoms with Gasteiger partial charge in [-0.1, -0.05) is 71.1 Å². The Labute approximate surface area is 214 Å². The summed E-state index contributed by atoms with van der Waals surface area (Å²) in [5, 5.41) is 2.78. The second-order valence-corrected chi connectivity index (χ2v) is 9.53. The van der Waals surface area contributed by atoms with Crippen LogP contribution in [0.25, 0.3) is 0 Å². The predicted molar refractivity (Wildman–Crippen MR) is 141 cm³/mol. The van der Waals surface area contributed by atoms with Gasteiger partial charge in [0.1, 0.15) is 6.61 Å². The minimum Gasteiger partial charge on any atom is -0.464 e. The van der Waals surface area contributed by atoms with Crippen LogP contribution in [0.2, 0.25) is 0 Å². The number of nitrogens with one attached hydrogen (secondary N) is 1. The molecule has 0 radical (unpaired) electrons. The SMILES string of the molecule is CCCCCCCCCCCCCC(=O)OCCN(CCOC)C(=O)CCNC(=O)CCN(C)C. The first-order valence-electron chi connectivity index (χ1n) is 13.7. The lowest BCUT2D eigenvalue weighted by atomic mass is 10.1. The van der Waals surface area contributed by atoms with E-state index < -0.39 is 0 Å². The topological polar surface area (TPSA) is 88.2 Å².